The van der Waals surface area contributed by atoms with E-state index in [-0.39, 0.29) is 6.04 Å². The zero-order valence-corrected chi connectivity index (χ0v) is 15.5. The second-order valence-corrected chi connectivity index (χ2v) is 7.02. The van der Waals surface area contributed by atoms with Crippen molar-refractivity contribution in [2.75, 3.05) is 6.54 Å². The van der Waals surface area contributed by atoms with Gasteiger partial charge in [0.05, 0.1) is 23.0 Å². The van der Waals surface area contributed by atoms with Crippen LogP contribution in [0.3, 0.4) is 0 Å². The van der Waals surface area contributed by atoms with Crippen LogP contribution in [0.4, 0.5) is 0 Å². The standard InChI is InChI=1S/C19H24N6O/c1-12-10-16(22-19(21-12)18-13(2)24-26-14(18)3)17-6-4-5-9-25(17)11-15-7-8-20-23-15/h7-8,10,17H,4-6,9,11H2,1-3H3,(H,20,23)/t17-/m0/s1. The maximum absolute atomic E-state index is 5.31. The second-order valence-electron chi connectivity index (χ2n) is 7.02. The van der Waals surface area contributed by atoms with E-state index in [2.05, 4.69) is 31.3 Å². The van der Waals surface area contributed by atoms with Crippen LogP contribution in [0.25, 0.3) is 11.4 Å². The van der Waals surface area contributed by atoms with E-state index < -0.39 is 0 Å². The molecular weight excluding hydrogens is 328 g/mol. The molecule has 0 unspecified atom stereocenters. The molecule has 0 aliphatic carbocycles. The summed E-state index contributed by atoms with van der Waals surface area (Å²) in [6.07, 6.45) is 5.34. The molecule has 3 aromatic heterocycles. The summed E-state index contributed by atoms with van der Waals surface area (Å²) >= 11 is 0. The van der Waals surface area contributed by atoms with Gasteiger partial charge in [0.15, 0.2) is 5.82 Å². The number of piperidine rings is 1. The Kier molecular flexibility index (Phi) is 4.55. The predicted octanol–water partition coefficient (Wildman–Crippen LogP) is 3.51. The smallest absolute Gasteiger partial charge is 0.165 e. The molecule has 3 aromatic rings. The van der Waals surface area contributed by atoms with Crippen molar-refractivity contribution in [3.05, 3.63) is 46.9 Å². The summed E-state index contributed by atoms with van der Waals surface area (Å²) in [6, 6.07) is 4.43. The molecule has 0 amide bonds. The molecule has 4 heterocycles. The molecule has 0 bridgehead atoms. The molecule has 1 atom stereocenters. The molecule has 136 valence electrons. The molecular formula is C19H24N6O. The lowest BCUT2D eigenvalue weighted by Gasteiger charge is -2.35. The number of aryl methyl sites for hydroxylation is 3. The minimum absolute atomic E-state index is 0.285. The van der Waals surface area contributed by atoms with Crippen LogP contribution in [-0.2, 0) is 6.54 Å². The molecule has 4 rings (SSSR count). The van der Waals surface area contributed by atoms with Crippen LogP contribution in [-0.4, -0.2) is 36.8 Å². The third-order valence-corrected chi connectivity index (χ3v) is 5.02. The average molecular weight is 352 g/mol. The van der Waals surface area contributed by atoms with Crippen molar-refractivity contribution < 1.29 is 4.52 Å². The van der Waals surface area contributed by atoms with Crippen molar-refractivity contribution in [2.24, 2.45) is 0 Å². The molecule has 0 spiro atoms. The molecule has 1 aliphatic heterocycles. The van der Waals surface area contributed by atoms with E-state index in [1.807, 2.05) is 26.8 Å². The van der Waals surface area contributed by atoms with Crippen LogP contribution in [0.15, 0.2) is 22.9 Å². The van der Waals surface area contributed by atoms with Crippen LogP contribution in [0.2, 0.25) is 0 Å². The average Bonchev–Trinajstić information content (AvgIpc) is 3.24. The lowest BCUT2D eigenvalue weighted by Crippen LogP contribution is -2.33. The molecule has 26 heavy (non-hydrogen) atoms. The van der Waals surface area contributed by atoms with Crippen molar-refractivity contribution in [2.45, 2.75) is 52.6 Å². The molecule has 1 fully saturated rings. The zero-order chi connectivity index (χ0) is 18.1. The molecule has 7 heteroatoms. The quantitative estimate of drug-likeness (QED) is 0.773. The van der Waals surface area contributed by atoms with Crippen LogP contribution in [0, 0.1) is 20.8 Å². The van der Waals surface area contributed by atoms with E-state index in [0.29, 0.717) is 5.82 Å². The number of likely N-dealkylation sites (tertiary alicyclic amines) is 1. The van der Waals surface area contributed by atoms with Gasteiger partial charge in [0, 0.05) is 24.1 Å². The van der Waals surface area contributed by atoms with Gasteiger partial charge in [0.1, 0.15) is 5.76 Å². The van der Waals surface area contributed by atoms with Crippen LogP contribution >= 0.6 is 0 Å². The second kappa shape index (κ2) is 6.99. The van der Waals surface area contributed by atoms with E-state index in [1.54, 1.807) is 6.20 Å². The topological polar surface area (TPSA) is 83.7 Å². The number of H-pyrrole nitrogens is 1. The largest absolute Gasteiger partial charge is 0.361 e. The Bertz CT molecular complexity index is 866. The normalized spacial score (nSPS) is 18.3. The first-order valence-corrected chi connectivity index (χ1v) is 9.13. The highest BCUT2D eigenvalue weighted by Crippen LogP contribution is 2.33. The number of hydrogen-bond donors (Lipinski definition) is 1. The summed E-state index contributed by atoms with van der Waals surface area (Å²) in [6.45, 7) is 7.78. The van der Waals surface area contributed by atoms with E-state index in [1.165, 1.54) is 12.8 Å². The van der Waals surface area contributed by atoms with Crippen molar-refractivity contribution in [1.29, 1.82) is 0 Å². The van der Waals surface area contributed by atoms with Gasteiger partial charge < -0.3 is 4.52 Å². The van der Waals surface area contributed by atoms with Gasteiger partial charge in [0.25, 0.3) is 0 Å². The fourth-order valence-corrected chi connectivity index (χ4v) is 3.78. The number of rotatable bonds is 4. The first-order chi connectivity index (χ1) is 12.6. The Morgan fingerprint density at radius 2 is 2.12 bits per heavy atom. The highest BCUT2D eigenvalue weighted by Gasteiger charge is 2.27. The van der Waals surface area contributed by atoms with E-state index in [4.69, 9.17) is 9.51 Å². The summed E-state index contributed by atoms with van der Waals surface area (Å²) in [5, 5.41) is 11.2. The van der Waals surface area contributed by atoms with Gasteiger partial charge in [0.2, 0.25) is 0 Å². The molecule has 7 nitrogen and oxygen atoms in total. The van der Waals surface area contributed by atoms with Gasteiger partial charge in [-0.25, -0.2) is 9.97 Å². The van der Waals surface area contributed by atoms with Crippen molar-refractivity contribution in [3.8, 4) is 11.4 Å². The molecule has 0 aromatic carbocycles. The summed E-state index contributed by atoms with van der Waals surface area (Å²) in [5.41, 5.74) is 4.92. The lowest BCUT2D eigenvalue weighted by atomic mass is 9.98. The summed E-state index contributed by atoms with van der Waals surface area (Å²) < 4.78 is 5.31. The van der Waals surface area contributed by atoms with Crippen molar-refractivity contribution >= 4 is 0 Å². The third-order valence-electron chi connectivity index (χ3n) is 5.02. The van der Waals surface area contributed by atoms with E-state index in [0.717, 1.165) is 53.6 Å². The number of hydrogen-bond acceptors (Lipinski definition) is 6. The SMILES string of the molecule is Cc1cc([C@@H]2CCCCN2Cc2ccn[nH]2)nc(-c2c(C)noc2C)n1. The highest BCUT2D eigenvalue weighted by molar-refractivity contribution is 5.60. The van der Waals surface area contributed by atoms with Gasteiger partial charge in [-0.3, -0.25) is 10.00 Å². The van der Waals surface area contributed by atoms with Gasteiger partial charge in [-0.2, -0.15) is 5.10 Å². The molecule has 0 saturated carbocycles. The van der Waals surface area contributed by atoms with Gasteiger partial charge in [-0.05, 0) is 52.3 Å². The minimum Gasteiger partial charge on any atom is -0.361 e. The minimum atomic E-state index is 0.285. The van der Waals surface area contributed by atoms with Crippen molar-refractivity contribution in [1.82, 2.24) is 30.2 Å². The summed E-state index contributed by atoms with van der Waals surface area (Å²) in [5.74, 6) is 1.47. The molecule has 1 saturated heterocycles. The Balaban J connectivity index is 1.69. The Morgan fingerprint density at radius 3 is 2.85 bits per heavy atom. The van der Waals surface area contributed by atoms with Gasteiger partial charge in [-0.1, -0.05) is 11.6 Å². The summed E-state index contributed by atoms with van der Waals surface area (Å²) in [4.78, 5) is 12.1. The monoisotopic (exact) mass is 352 g/mol. The molecule has 1 aliphatic rings. The van der Waals surface area contributed by atoms with Crippen LogP contribution in [0.1, 0.15) is 53.8 Å². The first kappa shape index (κ1) is 16.9. The van der Waals surface area contributed by atoms with Crippen LogP contribution in [0.5, 0.6) is 0 Å². The Hall–Kier alpha value is -2.54. The highest BCUT2D eigenvalue weighted by atomic mass is 16.5. The number of aromatic amines is 1. The van der Waals surface area contributed by atoms with E-state index >= 15 is 0 Å². The third kappa shape index (κ3) is 3.26. The fourth-order valence-electron chi connectivity index (χ4n) is 3.78. The van der Waals surface area contributed by atoms with Gasteiger partial charge >= 0.3 is 0 Å². The number of nitrogens with one attached hydrogen (secondary N) is 1. The lowest BCUT2D eigenvalue weighted by molar-refractivity contribution is 0.135. The van der Waals surface area contributed by atoms with E-state index in [9.17, 15) is 0 Å². The maximum Gasteiger partial charge on any atom is 0.165 e. The zero-order valence-electron chi connectivity index (χ0n) is 15.5. The van der Waals surface area contributed by atoms with Crippen molar-refractivity contribution in [3.63, 3.8) is 0 Å². The maximum atomic E-state index is 5.31. The fraction of sp³-hybridized carbons (Fsp3) is 0.474. The summed E-state index contributed by atoms with van der Waals surface area (Å²) in [7, 11) is 0. The van der Waals surface area contributed by atoms with Crippen LogP contribution < -0.4 is 0 Å². The predicted molar refractivity (Wildman–Crippen MR) is 97.3 cm³/mol. The molecule has 1 N–H and O–H groups in total. The first-order valence-electron chi connectivity index (χ1n) is 9.13. The Labute approximate surface area is 152 Å². The number of aromatic nitrogens is 5. The number of nitrogens with zero attached hydrogens (tertiary/aromatic N) is 5. The molecule has 0 radical (unpaired) electrons. The Morgan fingerprint density at radius 1 is 1.23 bits per heavy atom. The van der Waals surface area contributed by atoms with Gasteiger partial charge in [-0.15, -0.1) is 0 Å².